The van der Waals surface area contributed by atoms with Crippen molar-refractivity contribution in [3.05, 3.63) is 29.5 Å². The number of amides is 1. The molecule has 1 aromatic heterocycles. The fourth-order valence-electron chi connectivity index (χ4n) is 6.20. The molecule has 0 radical (unpaired) electrons. The number of ether oxygens (including phenoxy) is 2. The van der Waals surface area contributed by atoms with Crippen molar-refractivity contribution in [3.8, 4) is 5.75 Å². The molecule has 1 aliphatic carbocycles. The summed E-state index contributed by atoms with van der Waals surface area (Å²) in [5, 5.41) is 12.0. The average Bonchev–Trinajstić information content (AvgIpc) is 3.10. The molecule has 2 saturated heterocycles. The van der Waals surface area contributed by atoms with Crippen LogP contribution < -0.4 is 4.74 Å². The number of H-pyrrole nitrogens is 1. The van der Waals surface area contributed by atoms with Crippen molar-refractivity contribution >= 4 is 22.8 Å². The van der Waals surface area contributed by atoms with Gasteiger partial charge in [-0.3, -0.25) is 9.59 Å². The van der Waals surface area contributed by atoms with Gasteiger partial charge in [0.1, 0.15) is 11.2 Å². The van der Waals surface area contributed by atoms with Gasteiger partial charge in [-0.2, -0.15) is 0 Å². The van der Waals surface area contributed by atoms with Gasteiger partial charge in [0.15, 0.2) is 0 Å². The van der Waals surface area contributed by atoms with Crippen molar-refractivity contribution < 1.29 is 24.2 Å². The second kappa shape index (κ2) is 6.23. The van der Waals surface area contributed by atoms with Crippen LogP contribution in [-0.4, -0.2) is 53.7 Å². The Bertz CT molecular complexity index is 1010. The third kappa shape index (κ3) is 2.22. The van der Waals surface area contributed by atoms with E-state index in [2.05, 4.69) is 11.9 Å². The molecule has 0 spiro atoms. The summed E-state index contributed by atoms with van der Waals surface area (Å²) >= 11 is 0. The number of benzene rings is 1. The summed E-state index contributed by atoms with van der Waals surface area (Å²) in [6.07, 6.45) is 1.19. The maximum Gasteiger partial charge on any atom is 0.319 e. The largest absolute Gasteiger partial charge is 0.497 e. The normalized spacial score (nSPS) is 32.8. The smallest absolute Gasteiger partial charge is 0.319 e. The number of fused-ring (bicyclic) bond motifs is 4. The first-order chi connectivity index (χ1) is 14.0. The lowest BCUT2D eigenvalue weighted by atomic mass is 9.56. The second-order valence-electron chi connectivity index (χ2n) is 8.54. The molecule has 4 aliphatic rings. The molecular weight excluding hydrogens is 372 g/mol. The molecule has 2 N–H and O–H groups in total. The minimum absolute atomic E-state index is 0.0504. The summed E-state index contributed by atoms with van der Waals surface area (Å²) in [5.41, 5.74) is 1.21. The Morgan fingerprint density at radius 2 is 2.17 bits per heavy atom. The number of hydrogen-bond acceptors (Lipinski definition) is 5. The molecule has 1 aromatic carbocycles. The lowest BCUT2D eigenvalue weighted by Gasteiger charge is -2.57. The van der Waals surface area contributed by atoms with Crippen LogP contribution in [0.15, 0.2) is 18.2 Å². The van der Waals surface area contributed by atoms with E-state index in [9.17, 15) is 14.7 Å². The van der Waals surface area contributed by atoms with Gasteiger partial charge in [-0.05, 0) is 30.9 Å². The highest BCUT2D eigenvalue weighted by atomic mass is 16.5. The number of aliphatic hydroxyl groups excluding tert-OH is 1. The summed E-state index contributed by atoms with van der Waals surface area (Å²) in [6.45, 7) is 2.29. The van der Waals surface area contributed by atoms with Crippen LogP contribution in [-0.2, 0) is 19.7 Å². The Labute approximate surface area is 169 Å². The molecule has 3 fully saturated rings. The van der Waals surface area contributed by atoms with Crippen molar-refractivity contribution in [2.75, 3.05) is 20.8 Å². The van der Waals surface area contributed by atoms with E-state index < -0.39 is 11.5 Å². The van der Waals surface area contributed by atoms with Gasteiger partial charge in [0, 0.05) is 34.1 Å². The van der Waals surface area contributed by atoms with E-state index in [1.165, 1.54) is 7.11 Å². The molecule has 4 bridgehead atoms. The number of carbonyl (C=O) groups excluding carboxylic acids is 2. The first-order valence-electron chi connectivity index (χ1n) is 10.2. The summed E-state index contributed by atoms with van der Waals surface area (Å²) in [7, 11) is 3.01. The predicted octanol–water partition coefficient (Wildman–Crippen LogP) is 2.28. The standard InChI is InChI=1S/C22H26N2O5/c1-4-11-7-12-9-22(21(27)29-3)18-17(16(25)10-24(19(11)22)20(12)26)14-6-5-13(28-2)8-15(14)23-18/h5-6,8,11-12,16,19,23,25H,4,7,9-10H2,1-3H3. The minimum Gasteiger partial charge on any atom is -0.497 e. The van der Waals surface area contributed by atoms with Gasteiger partial charge in [-0.1, -0.05) is 13.3 Å². The molecule has 3 aliphatic heterocycles. The van der Waals surface area contributed by atoms with E-state index in [-0.39, 0.29) is 36.3 Å². The van der Waals surface area contributed by atoms with Gasteiger partial charge < -0.3 is 24.5 Å². The zero-order valence-corrected chi connectivity index (χ0v) is 16.9. The number of nitrogens with one attached hydrogen (secondary N) is 1. The molecule has 6 rings (SSSR count). The highest BCUT2D eigenvalue weighted by Gasteiger charge is 2.66. The Balaban J connectivity index is 1.83. The zero-order chi connectivity index (χ0) is 20.5. The van der Waals surface area contributed by atoms with Crippen molar-refractivity contribution in [2.24, 2.45) is 11.8 Å². The number of nitrogens with zero attached hydrogens (tertiary/aromatic N) is 1. The van der Waals surface area contributed by atoms with Gasteiger partial charge in [0.05, 0.1) is 32.9 Å². The molecule has 7 nitrogen and oxygen atoms in total. The van der Waals surface area contributed by atoms with Crippen LogP contribution >= 0.6 is 0 Å². The molecule has 154 valence electrons. The van der Waals surface area contributed by atoms with Crippen molar-refractivity contribution in [3.63, 3.8) is 0 Å². The number of methoxy groups -OCH3 is 2. The van der Waals surface area contributed by atoms with Gasteiger partial charge in [0.2, 0.25) is 5.91 Å². The van der Waals surface area contributed by atoms with Crippen LogP contribution in [0, 0.1) is 11.8 Å². The van der Waals surface area contributed by atoms with Crippen molar-refractivity contribution in [1.82, 2.24) is 9.88 Å². The fraction of sp³-hybridized carbons (Fsp3) is 0.545. The molecule has 1 amide bonds. The number of aliphatic hydroxyl groups is 1. The van der Waals surface area contributed by atoms with Gasteiger partial charge in [-0.25, -0.2) is 0 Å². The van der Waals surface area contributed by atoms with E-state index in [0.29, 0.717) is 23.4 Å². The molecule has 5 atom stereocenters. The van der Waals surface area contributed by atoms with E-state index in [4.69, 9.17) is 9.47 Å². The third-order valence-corrected chi connectivity index (χ3v) is 7.34. The van der Waals surface area contributed by atoms with Gasteiger partial charge in [0.25, 0.3) is 0 Å². The number of hydrogen-bond donors (Lipinski definition) is 2. The molecule has 29 heavy (non-hydrogen) atoms. The van der Waals surface area contributed by atoms with Gasteiger partial charge >= 0.3 is 5.97 Å². The Morgan fingerprint density at radius 1 is 1.38 bits per heavy atom. The quantitative estimate of drug-likeness (QED) is 0.774. The van der Waals surface area contributed by atoms with Crippen LogP contribution in [0.25, 0.3) is 10.9 Å². The summed E-state index contributed by atoms with van der Waals surface area (Å²) in [5.74, 6) is 0.364. The highest BCUT2D eigenvalue weighted by Crippen LogP contribution is 2.57. The Morgan fingerprint density at radius 3 is 2.86 bits per heavy atom. The topological polar surface area (TPSA) is 91.9 Å². The maximum atomic E-state index is 13.4. The molecule has 1 saturated carbocycles. The van der Waals surface area contributed by atoms with E-state index in [0.717, 1.165) is 23.7 Å². The van der Waals surface area contributed by atoms with Crippen LogP contribution in [0.5, 0.6) is 5.75 Å². The first kappa shape index (κ1) is 18.5. The summed E-state index contributed by atoms with van der Waals surface area (Å²) in [4.78, 5) is 31.7. The van der Waals surface area contributed by atoms with Crippen LogP contribution in [0.4, 0.5) is 0 Å². The molecule has 2 aromatic rings. The molecule has 4 heterocycles. The first-order valence-corrected chi connectivity index (χ1v) is 10.2. The number of piperidine rings is 2. The number of aromatic nitrogens is 1. The molecule has 7 heteroatoms. The van der Waals surface area contributed by atoms with Crippen LogP contribution in [0.1, 0.15) is 43.5 Å². The lowest BCUT2D eigenvalue weighted by molar-refractivity contribution is -0.174. The fourth-order valence-corrected chi connectivity index (χ4v) is 6.20. The van der Waals surface area contributed by atoms with Crippen LogP contribution in [0.2, 0.25) is 0 Å². The number of rotatable bonds is 3. The third-order valence-electron chi connectivity index (χ3n) is 7.34. The number of carbonyl (C=O) groups is 2. The van der Waals surface area contributed by atoms with Gasteiger partial charge in [-0.15, -0.1) is 0 Å². The monoisotopic (exact) mass is 398 g/mol. The Hall–Kier alpha value is -2.54. The van der Waals surface area contributed by atoms with E-state index in [1.807, 2.05) is 18.2 Å². The number of aromatic amines is 1. The number of esters is 1. The van der Waals surface area contributed by atoms with Crippen molar-refractivity contribution in [1.29, 1.82) is 0 Å². The predicted molar refractivity (Wildman–Crippen MR) is 106 cm³/mol. The average molecular weight is 398 g/mol. The van der Waals surface area contributed by atoms with Crippen LogP contribution in [0.3, 0.4) is 0 Å². The SMILES string of the molecule is CCC1CC2CC3(C(=O)OC)c4[nH]c5cc(OC)ccc5c4C(O)CN(C2=O)C13. The summed E-state index contributed by atoms with van der Waals surface area (Å²) in [6, 6.07) is 5.31. The maximum absolute atomic E-state index is 13.4. The minimum atomic E-state index is -0.995. The van der Waals surface area contributed by atoms with E-state index >= 15 is 0 Å². The molecule has 5 unspecified atom stereocenters. The summed E-state index contributed by atoms with van der Waals surface area (Å²) < 4.78 is 10.7. The lowest BCUT2D eigenvalue weighted by Crippen LogP contribution is -2.69. The second-order valence-corrected chi connectivity index (χ2v) is 8.54. The zero-order valence-electron chi connectivity index (χ0n) is 16.9. The molecular formula is C22H26N2O5. The van der Waals surface area contributed by atoms with E-state index in [1.54, 1.807) is 12.0 Å². The Kier molecular flexibility index (Phi) is 3.97. The van der Waals surface area contributed by atoms with Crippen molar-refractivity contribution in [2.45, 2.75) is 43.7 Å². The highest BCUT2D eigenvalue weighted by molar-refractivity contribution is 5.95.